The van der Waals surface area contributed by atoms with Crippen molar-refractivity contribution in [2.75, 3.05) is 6.26 Å². The molecule has 0 aliphatic rings. The van der Waals surface area contributed by atoms with Gasteiger partial charge in [0.05, 0.1) is 0 Å². The van der Waals surface area contributed by atoms with E-state index in [0.717, 1.165) is 11.8 Å². The molecule has 0 fully saturated rings. The molecule has 0 rings (SSSR count). The molecule has 0 amide bonds. The van der Waals surface area contributed by atoms with Crippen LogP contribution in [0, 0.1) is 0 Å². The van der Waals surface area contributed by atoms with Crippen molar-refractivity contribution in [3.05, 3.63) is 0 Å². The Bertz CT molecular complexity index is 102. The van der Waals surface area contributed by atoms with Crippen LogP contribution in [0.3, 0.4) is 0 Å². The Morgan fingerprint density at radius 1 is 1.62 bits per heavy atom. The van der Waals surface area contributed by atoms with Gasteiger partial charge in [0.1, 0.15) is 0 Å². The summed E-state index contributed by atoms with van der Waals surface area (Å²) >= 11 is 12.0. The third kappa shape index (κ3) is 2.25. The summed E-state index contributed by atoms with van der Waals surface area (Å²) in [4.78, 5) is 10.4. The number of halogens is 2. The lowest BCUT2D eigenvalue weighted by atomic mass is 10.5. The van der Waals surface area contributed by atoms with Crippen LogP contribution < -0.4 is 0 Å². The van der Waals surface area contributed by atoms with Crippen molar-refractivity contribution in [1.82, 2.24) is 0 Å². The highest BCUT2D eigenvalue weighted by molar-refractivity contribution is 8.03. The van der Waals surface area contributed by atoms with Crippen molar-refractivity contribution in [2.45, 2.75) is 10.6 Å². The van der Waals surface area contributed by atoms with Crippen molar-refractivity contribution >= 4 is 40.7 Å². The Kier molecular flexibility index (Phi) is 3.17. The second kappa shape index (κ2) is 2.95. The minimum Gasteiger partial charge on any atom is -0.296 e. The van der Waals surface area contributed by atoms with Crippen LogP contribution in [0.1, 0.15) is 6.92 Å². The van der Waals surface area contributed by atoms with E-state index in [2.05, 4.69) is 0 Å². The predicted molar refractivity (Wildman–Crippen MR) is 38.6 cm³/mol. The molecule has 0 aromatic carbocycles. The number of ketones is 1. The second-order valence-electron chi connectivity index (χ2n) is 1.28. The number of hydrogen-bond donors (Lipinski definition) is 0. The normalized spacial score (nSPS) is 11.5. The van der Waals surface area contributed by atoms with Crippen LogP contribution in [0.4, 0.5) is 0 Å². The zero-order valence-electron chi connectivity index (χ0n) is 4.57. The number of alkyl halides is 2. The summed E-state index contributed by atoms with van der Waals surface area (Å²) in [6, 6.07) is 0. The van der Waals surface area contributed by atoms with E-state index in [1.54, 1.807) is 6.26 Å². The van der Waals surface area contributed by atoms with Gasteiger partial charge in [-0.15, -0.1) is 11.8 Å². The fraction of sp³-hybridized carbons (Fsp3) is 0.750. The molecule has 0 bridgehead atoms. The highest BCUT2D eigenvalue weighted by Crippen LogP contribution is 2.32. The van der Waals surface area contributed by atoms with Gasteiger partial charge >= 0.3 is 0 Å². The molecule has 4 heteroatoms. The molecular formula is C4H6Cl2OS. The van der Waals surface area contributed by atoms with Crippen LogP contribution in [0.15, 0.2) is 0 Å². The van der Waals surface area contributed by atoms with Crippen molar-refractivity contribution in [2.24, 2.45) is 0 Å². The number of thioether (sulfide) groups is 1. The summed E-state index contributed by atoms with van der Waals surface area (Å²) < 4.78 is -1.24. The first kappa shape index (κ1) is 8.60. The molecule has 0 spiro atoms. The molecule has 0 saturated carbocycles. The SMILES string of the molecule is CSC(Cl)(Cl)C(C)=O. The maximum atomic E-state index is 10.4. The number of carbonyl (C=O) groups excluding carboxylic acids is 1. The van der Waals surface area contributed by atoms with E-state index >= 15 is 0 Å². The van der Waals surface area contributed by atoms with Crippen molar-refractivity contribution in [3.8, 4) is 0 Å². The van der Waals surface area contributed by atoms with Crippen LogP contribution in [0.2, 0.25) is 0 Å². The summed E-state index contributed by atoms with van der Waals surface area (Å²) in [6.45, 7) is 1.36. The number of rotatable bonds is 2. The Morgan fingerprint density at radius 3 is 2.00 bits per heavy atom. The quantitative estimate of drug-likeness (QED) is 0.594. The van der Waals surface area contributed by atoms with E-state index in [9.17, 15) is 4.79 Å². The lowest BCUT2D eigenvalue weighted by molar-refractivity contribution is -0.116. The summed E-state index contributed by atoms with van der Waals surface area (Å²) in [5.74, 6) is -0.228. The van der Waals surface area contributed by atoms with Crippen LogP contribution in [-0.4, -0.2) is 15.7 Å². The molecule has 48 valence electrons. The van der Waals surface area contributed by atoms with Crippen molar-refractivity contribution < 1.29 is 4.79 Å². The molecule has 0 aliphatic carbocycles. The number of carbonyl (C=O) groups is 1. The average molecular weight is 173 g/mol. The predicted octanol–water partition coefficient (Wildman–Crippen LogP) is 2.07. The molecule has 1 nitrogen and oxygen atoms in total. The minimum absolute atomic E-state index is 0.228. The van der Waals surface area contributed by atoms with E-state index in [4.69, 9.17) is 23.2 Å². The van der Waals surface area contributed by atoms with Crippen LogP contribution >= 0.6 is 35.0 Å². The molecule has 0 aromatic heterocycles. The Morgan fingerprint density at radius 2 is 2.00 bits per heavy atom. The molecule has 0 atom stereocenters. The lowest BCUT2D eigenvalue weighted by Gasteiger charge is -2.10. The minimum atomic E-state index is -1.24. The Labute approximate surface area is 62.7 Å². The van der Waals surface area contributed by atoms with Crippen LogP contribution in [-0.2, 0) is 4.79 Å². The lowest BCUT2D eigenvalue weighted by Crippen LogP contribution is -2.17. The number of Topliss-reactive ketones (excluding diaryl/α,β-unsaturated/α-hetero) is 1. The van der Waals surface area contributed by atoms with Gasteiger partial charge in [0.2, 0.25) is 3.67 Å². The van der Waals surface area contributed by atoms with Gasteiger partial charge in [-0.2, -0.15) is 0 Å². The Hall–Kier alpha value is 0.600. The van der Waals surface area contributed by atoms with Gasteiger partial charge in [-0.25, -0.2) is 0 Å². The summed E-state index contributed by atoms with van der Waals surface area (Å²) in [7, 11) is 0. The zero-order chi connectivity index (χ0) is 6.78. The standard InChI is InChI=1S/C4H6Cl2OS/c1-3(7)4(5,6)8-2/h1-2H3. The average Bonchev–Trinajstić information content (AvgIpc) is 1.67. The van der Waals surface area contributed by atoms with Gasteiger partial charge in [0, 0.05) is 0 Å². The van der Waals surface area contributed by atoms with Crippen LogP contribution in [0.5, 0.6) is 0 Å². The molecule has 0 saturated heterocycles. The van der Waals surface area contributed by atoms with E-state index in [-0.39, 0.29) is 5.78 Å². The van der Waals surface area contributed by atoms with E-state index in [0.29, 0.717) is 0 Å². The largest absolute Gasteiger partial charge is 0.296 e. The third-order valence-electron chi connectivity index (χ3n) is 0.666. The smallest absolute Gasteiger partial charge is 0.220 e. The topological polar surface area (TPSA) is 17.1 Å². The molecule has 0 aliphatic heterocycles. The molecular weight excluding hydrogens is 167 g/mol. The van der Waals surface area contributed by atoms with Gasteiger partial charge in [0.25, 0.3) is 0 Å². The van der Waals surface area contributed by atoms with Gasteiger partial charge in [-0.05, 0) is 13.2 Å². The maximum absolute atomic E-state index is 10.4. The number of hydrogen-bond acceptors (Lipinski definition) is 2. The van der Waals surface area contributed by atoms with Crippen molar-refractivity contribution in [1.29, 1.82) is 0 Å². The van der Waals surface area contributed by atoms with E-state index in [1.165, 1.54) is 6.92 Å². The monoisotopic (exact) mass is 172 g/mol. The third-order valence-corrected chi connectivity index (χ3v) is 2.92. The second-order valence-corrected chi connectivity index (χ2v) is 4.07. The maximum Gasteiger partial charge on any atom is 0.220 e. The fourth-order valence-corrected chi connectivity index (χ4v) is 0.431. The Balaban J connectivity index is 3.91. The zero-order valence-corrected chi connectivity index (χ0v) is 6.90. The van der Waals surface area contributed by atoms with Gasteiger partial charge in [-0.3, -0.25) is 4.79 Å². The molecule has 0 aromatic rings. The molecule has 0 unspecified atom stereocenters. The molecule has 0 N–H and O–H groups in total. The van der Waals surface area contributed by atoms with Gasteiger partial charge in [-0.1, -0.05) is 23.2 Å². The van der Waals surface area contributed by atoms with Gasteiger partial charge < -0.3 is 0 Å². The summed E-state index contributed by atoms with van der Waals surface area (Å²) in [6.07, 6.45) is 1.68. The highest BCUT2D eigenvalue weighted by Gasteiger charge is 2.27. The van der Waals surface area contributed by atoms with Crippen LogP contribution in [0.25, 0.3) is 0 Å². The highest BCUT2D eigenvalue weighted by atomic mass is 35.5. The van der Waals surface area contributed by atoms with E-state index in [1.807, 2.05) is 0 Å². The summed E-state index contributed by atoms with van der Waals surface area (Å²) in [5.41, 5.74) is 0. The van der Waals surface area contributed by atoms with Crippen molar-refractivity contribution in [3.63, 3.8) is 0 Å². The molecule has 8 heavy (non-hydrogen) atoms. The molecule has 0 radical (unpaired) electrons. The first-order valence-electron chi connectivity index (χ1n) is 1.94. The van der Waals surface area contributed by atoms with E-state index < -0.39 is 3.67 Å². The molecule has 0 heterocycles. The fourth-order valence-electron chi connectivity index (χ4n) is 0.144. The van der Waals surface area contributed by atoms with Gasteiger partial charge in [0.15, 0.2) is 5.78 Å². The first-order chi connectivity index (χ1) is 3.50. The first-order valence-corrected chi connectivity index (χ1v) is 3.93. The summed E-state index contributed by atoms with van der Waals surface area (Å²) in [5, 5.41) is 0.